The summed E-state index contributed by atoms with van der Waals surface area (Å²) < 4.78 is 40.7. The molecular formula is C67H58N4OPt-2. The molecule has 8 aromatic carbocycles. The molecule has 0 radical (unpaired) electrons. The van der Waals surface area contributed by atoms with Crippen LogP contribution in [0.1, 0.15) is 92.4 Å². The third-order valence-corrected chi connectivity index (χ3v) is 15.7. The number of imidazole rings is 1. The number of rotatable bonds is 8. The molecule has 0 aliphatic heterocycles. The van der Waals surface area contributed by atoms with Gasteiger partial charge >= 0.3 is 347 Å². The average Bonchev–Trinajstić information content (AvgIpc) is 4.06. The van der Waals surface area contributed by atoms with Crippen molar-refractivity contribution in [2.75, 3.05) is 0 Å². The number of hydrogen-bond acceptors (Lipinski definition) is 2. The van der Waals surface area contributed by atoms with E-state index in [0.717, 1.165) is 78.3 Å². The number of aryl methyl sites for hydroxylation is 2. The van der Waals surface area contributed by atoms with Gasteiger partial charge in [-0.05, 0) is 30.1 Å². The van der Waals surface area contributed by atoms with Crippen LogP contribution in [0.25, 0.3) is 77.7 Å². The Labute approximate surface area is 444 Å². The fourth-order valence-corrected chi connectivity index (χ4v) is 12.0. The minimum atomic E-state index is -2.38. The summed E-state index contributed by atoms with van der Waals surface area (Å²) >= 11 is 2.58. The smallest absolute Gasteiger partial charge is 0.238 e. The molecule has 0 fully saturated rings. The first-order valence-corrected chi connectivity index (χ1v) is 26.4. The second-order valence-electron chi connectivity index (χ2n) is 21.5. The molecule has 1 unspecified atom stereocenters. The van der Waals surface area contributed by atoms with Crippen LogP contribution in [0.15, 0.2) is 182 Å². The number of nitrogens with zero attached hydrogens (tertiary/aromatic N) is 4. The molecule has 0 saturated heterocycles. The van der Waals surface area contributed by atoms with Crippen LogP contribution in [0.3, 0.4) is 0 Å². The van der Waals surface area contributed by atoms with Crippen molar-refractivity contribution in [3.63, 3.8) is 0 Å². The first kappa shape index (κ1) is 43.3. The zero-order valence-corrected chi connectivity index (χ0v) is 44.3. The molecule has 12 rings (SSSR count). The van der Waals surface area contributed by atoms with Crippen LogP contribution in [0.5, 0.6) is 11.5 Å². The van der Waals surface area contributed by atoms with Crippen molar-refractivity contribution in [2.45, 2.75) is 84.5 Å². The normalized spacial score (nSPS) is 14.8. The number of ether oxygens (including phenoxy) is 1. The minimum absolute atomic E-state index is 0.0265. The zero-order chi connectivity index (χ0) is 52.7. The number of benzene rings is 8. The van der Waals surface area contributed by atoms with Gasteiger partial charge in [0.05, 0.1) is 0 Å². The average molecular weight is 1130 g/mol. The molecule has 0 bridgehead atoms. The molecule has 364 valence electrons. The summed E-state index contributed by atoms with van der Waals surface area (Å²) in [5, 5.41) is 1.96. The second-order valence-corrected chi connectivity index (χ2v) is 22.5. The van der Waals surface area contributed by atoms with Gasteiger partial charge in [-0.15, -0.1) is 0 Å². The van der Waals surface area contributed by atoms with Crippen LogP contribution in [-0.4, -0.2) is 18.7 Å². The maximum absolute atomic E-state index is 8.59. The van der Waals surface area contributed by atoms with Crippen LogP contribution in [0.2, 0.25) is 0 Å². The SMILES string of the molecule is [2H]C([2H])([2H])c1cc(-n2c3[c-]c(Oc4[c-]c5c(cc4)CCCC5n4[c](=[Pt])n(-c5c(-c6ccccc6)cccc5-c5cc(C(C)(C)C)cc(C(C)(C)C)c5)c5ccccc54)ccc3c3ccccc32)ncc1-c1ccccc1. The van der Waals surface area contributed by atoms with Gasteiger partial charge in [0.1, 0.15) is 0 Å². The van der Waals surface area contributed by atoms with E-state index in [-0.39, 0.29) is 22.4 Å². The molecule has 3 aromatic heterocycles. The fraction of sp³-hybridized carbons (Fsp3) is 0.194. The van der Waals surface area contributed by atoms with Crippen molar-refractivity contribution in [3.8, 4) is 56.4 Å². The molecule has 1 atom stereocenters. The molecule has 0 amide bonds. The summed E-state index contributed by atoms with van der Waals surface area (Å²) in [7, 11) is 0. The molecule has 1 aliphatic rings. The quantitative estimate of drug-likeness (QED) is 0.142. The Hall–Kier alpha value is -7.33. The molecule has 1 aliphatic carbocycles. The van der Waals surface area contributed by atoms with E-state index >= 15 is 0 Å². The number of pyridine rings is 1. The first-order valence-electron chi connectivity index (χ1n) is 26.8. The van der Waals surface area contributed by atoms with Gasteiger partial charge in [-0.2, -0.15) is 0 Å². The van der Waals surface area contributed by atoms with Crippen LogP contribution in [-0.2, 0) is 36.6 Å². The van der Waals surface area contributed by atoms with Gasteiger partial charge in [-0.3, -0.25) is 0 Å². The molecule has 3 heterocycles. The molecule has 6 heteroatoms. The van der Waals surface area contributed by atoms with E-state index in [9.17, 15) is 0 Å². The first-order chi connectivity index (χ1) is 36.5. The Morgan fingerprint density at radius 3 is 1.90 bits per heavy atom. The summed E-state index contributed by atoms with van der Waals surface area (Å²) in [6.07, 6.45) is 4.60. The van der Waals surface area contributed by atoms with Crippen LogP contribution < -0.4 is 4.74 Å². The van der Waals surface area contributed by atoms with Gasteiger partial charge in [0.15, 0.2) is 0 Å². The van der Waals surface area contributed by atoms with Crippen molar-refractivity contribution in [1.82, 2.24) is 18.7 Å². The molecule has 0 saturated carbocycles. The van der Waals surface area contributed by atoms with Gasteiger partial charge in [0, 0.05) is 15.9 Å². The third-order valence-electron chi connectivity index (χ3n) is 14.6. The minimum Gasteiger partial charge on any atom is -0.238 e. The molecule has 5 nitrogen and oxygen atoms in total. The molecule has 0 N–H and O–H groups in total. The van der Waals surface area contributed by atoms with E-state index in [4.69, 9.17) is 13.8 Å². The number of aromatic nitrogens is 4. The van der Waals surface area contributed by atoms with E-state index in [0.29, 0.717) is 22.9 Å². The number of para-hydroxylation sites is 4. The Balaban J connectivity index is 0.984. The summed E-state index contributed by atoms with van der Waals surface area (Å²) in [5.74, 6) is 1.61. The monoisotopic (exact) mass is 1130 g/mol. The van der Waals surface area contributed by atoms with Gasteiger partial charge < -0.3 is 0 Å². The van der Waals surface area contributed by atoms with E-state index in [1.54, 1.807) is 12.3 Å². The zero-order valence-electron chi connectivity index (χ0n) is 45.0. The van der Waals surface area contributed by atoms with Gasteiger partial charge in [-0.1, -0.05) is 48.5 Å². The van der Waals surface area contributed by atoms with Crippen molar-refractivity contribution in [1.29, 1.82) is 0 Å². The van der Waals surface area contributed by atoms with E-state index in [2.05, 4.69) is 191 Å². The van der Waals surface area contributed by atoms with Crippen LogP contribution >= 0.6 is 0 Å². The Morgan fingerprint density at radius 2 is 1.21 bits per heavy atom. The second kappa shape index (κ2) is 18.3. The van der Waals surface area contributed by atoms with E-state index in [1.165, 1.54) is 33.4 Å². The summed E-state index contributed by atoms with van der Waals surface area (Å²) in [4.78, 5) is 4.93. The van der Waals surface area contributed by atoms with Crippen LogP contribution in [0.4, 0.5) is 0 Å². The van der Waals surface area contributed by atoms with Crippen molar-refractivity contribution < 1.29 is 28.2 Å². The van der Waals surface area contributed by atoms with Crippen molar-refractivity contribution in [2.24, 2.45) is 0 Å². The number of hydrogen-bond donors (Lipinski definition) is 0. The molecular weight excluding hydrogens is 1070 g/mol. The topological polar surface area (TPSA) is 36.9 Å². The Kier molecular flexibility index (Phi) is 10.8. The Bertz CT molecular complexity index is 4070. The third kappa shape index (κ3) is 8.42. The maximum atomic E-state index is 8.59. The van der Waals surface area contributed by atoms with Crippen molar-refractivity contribution in [3.05, 3.63) is 226 Å². The molecule has 11 aromatic rings. The van der Waals surface area contributed by atoms with Crippen molar-refractivity contribution >= 4 is 32.8 Å². The van der Waals surface area contributed by atoms with Gasteiger partial charge in [0.2, 0.25) is 0 Å². The van der Waals surface area contributed by atoms with E-state index in [1.807, 2.05) is 65.2 Å². The number of fused-ring (bicyclic) bond motifs is 5. The predicted molar refractivity (Wildman–Crippen MR) is 297 cm³/mol. The molecule has 73 heavy (non-hydrogen) atoms. The van der Waals surface area contributed by atoms with Crippen LogP contribution in [0, 0.1) is 22.8 Å². The van der Waals surface area contributed by atoms with Gasteiger partial charge in [-0.25, -0.2) is 4.98 Å². The summed E-state index contributed by atoms with van der Waals surface area (Å²) in [6, 6.07) is 68.7. The standard InChI is InChI=1S/C67H58N4O.Pt/c1-44-36-64(68-42-58(44)46-22-12-9-13-23-46)71-60-28-15-14-25-55(60)56-35-34-52(41-63(56)71)72-51-33-32-47-24-18-31-59(57(47)40-51)69-43-70(62-30-17-16-29-61(62)69)65-53(45-20-10-8-11-21-45)26-19-27-54(65)48-37-49(66(2,3)4)39-50(38-48)67(5,6)7;/h8-17,19-23,25-30,32-39,42,59H,18,24,31H2,1-7H3;/q-2;/i1D3;. The van der Waals surface area contributed by atoms with E-state index < -0.39 is 6.85 Å². The predicted octanol–water partition coefficient (Wildman–Crippen LogP) is 17.2. The summed E-state index contributed by atoms with van der Waals surface area (Å²) in [6.45, 7) is 11.5. The molecule has 0 spiro atoms. The van der Waals surface area contributed by atoms with Gasteiger partial charge in [0.25, 0.3) is 0 Å². The Morgan fingerprint density at radius 1 is 0.589 bits per heavy atom. The summed E-state index contributed by atoms with van der Waals surface area (Å²) in [5.41, 5.74) is 16.3. The fourth-order valence-electron chi connectivity index (χ4n) is 10.8.